The van der Waals surface area contributed by atoms with Crippen molar-refractivity contribution in [1.29, 1.82) is 0 Å². The zero-order chi connectivity index (χ0) is 17.7. The second kappa shape index (κ2) is 7.92. The number of hydrogen-bond acceptors (Lipinski definition) is 5. The summed E-state index contributed by atoms with van der Waals surface area (Å²) in [5.41, 5.74) is 2.54. The van der Waals surface area contributed by atoms with Gasteiger partial charge in [0.05, 0.1) is 6.42 Å². The number of amides is 1. The molecule has 6 nitrogen and oxygen atoms in total. The smallest absolute Gasteiger partial charge is 0.308 e. The van der Waals surface area contributed by atoms with Gasteiger partial charge in [-0.05, 0) is 32.9 Å². The molecule has 0 radical (unpaired) electrons. The molecule has 1 atom stereocenters. The van der Waals surface area contributed by atoms with Crippen LogP contribution >= 0.6 is 11.3 Å². The summed E-state index contributed by atoms with van der Waals surface area (Å²) < 4.78 is 6.64. The number of benzene rings is 1. The summed E-state index contributed by atoms with van der Waals surface area (Å²) in [5, 5.41) is 4.43. The number of aryl methyl sites for hydroxylation is 2. The van der Waals surface area contributed by atoms with E-state index in [2.05, 4.69) is 5.32 Å². The first-order valence-corrected chi connectivity index (χ1v) is 8.46. The first-order chi connectivity index (χ1) is 11.4. The van der Waals surface area contributed by atoms with Gasteiger partial charge in [0, 0.05) is 23.3 Å². The highest BCUT2D eigenvalue weighted by Crippen LogP contribution is 2.10. The summed E-state index contributed by atoms with van der Waals surface area (Å²) in [6, 6.07) is 7.33. The van der Waals surface area contributed by atoms with Gasteiger partial charge in [-0.1, -0.05) is 29.0 Å². The molecule has 1 heterocycles. The van der Waals surface area contributed by atoms with Crippen LogP contribution < -0.4 is 10.2 Å². The monoisotopic (exact) mass is 348 g/mol. The van der Waals surface area contributed by atoms with E-state index in [1.807, 2.05) is 19.1 Å². The Morgan fingerprint density at radius 1 is 1.25 bits per heavy atom. The first-order valence-electron chi connectivity index (χ1n) is 7.59. The third-order valence-electron chi connectivity index (χ3n) is 3.51. The minimum absolute atomic E-state index is 0.0413. The highest BCUT2D eigenvalue weighted by atomic mass is 32.1. The van der Waals surface area contributed by atoms with Gasteiger partial charge in [-0.15, -0.1) is 0 Å². The molecule has 0 spiro atoms. The molecule has 0 aliphatic rings. The van der Waals surface area contributed by atoms with E-state index in [4.69, 9.17) is 4.74 Å². The van der Waals surface area contributed by atoms with Gasteiger partial charge in [-0.25, -0.2) is 0 Å². The van der Waals surface area contributed by atoms with Crippen molar-refractivity contribution < 1.29 is 14.3 Å². The average molecular weight is 348 g/mol. The summed E-state index contributed by atoms with van der Waals surface area (Å²) in [5.74, 6) is -0.907. The zero-order valence-electron chi connectivity index (χ0n) is 13.9. The third-order valence-corrected chi connectivity index (χ3v) is 4.39. The number of anilines is 1. The number of esters is 1. The first kappa shape index (κ1) is 17.9. The van der Waals surface area contributed by atoms with Gasteiger partial charge in [0.15, 0.2) is 6.10 Å². The lowest BCUT2D eigenvalue weighted by molar-refractivity contribution is -0.153. The normalized spacial score (nSPS) is 11.8. The summed E-state index contributed by atoms with van der Waals surface area (Å²) >= 11 is 1.09. The second-order valence-corrected chi connectivity index (χ2v) is 6.35. The van der Waals surface area contributed by atoms with Gasteiger partial charge in [0.25, 0.3) is 5.91 Å². The Balaban J connectivity index is 1.83. The fourth-order valence-electron chi connectivity index (χ4n) is 2.07. The summed E-state index contributed by atoms with van der Waals surface area (Å²) in [7, 11) is 0. The van der Waals surface area contributed by atoms with Gasteiger partial charge in [-0.2, -0.15) is 0 Å². The van der Waals surface area contributed by atoms with Crippen LogP contribution in [0, 0.1) is 13.8 Å². The Hall–Kier alpha value is -2.41. The van der Waals surface area contributed by atoms with E-state index in [0.717, 1.165) is 22.6 Å². The molecule has 128 valence electrons. The molecule has 0 saturated heterocycles. The van der Waals surface area contributed by atoms with Crippen molar-refractivity contribution in [3.05, 3.63) is 50.6 Å². The molecule has 0 bridgehead atoms. The van der Waals surface area contributed by atoms with Crippen LogP contribution in [0.1, 0.15) is 24.6 Å². The number of rotatable bonds is 6. The van der Waals surface area contributed by atoms with E-state index < -0.39 is 18.0 Å². The van der Waals surface area contributed by atoms with Crippen molar-refractivity contribution in [3.63, 3.8) is 0 Å². The van der Waals surface area contributed by atoms with Gasteiger partial charge in [0.2, 0.25) is 0 Å². The van der Waals surface area contributed by atoms with Crippen LogP contribution in [0.2, 0.25) is 0 Å². The molecule has 0 aliphatic heterocycles. The van der Waals surface area contributed by atoms with Crippen LogP contribution in [0.25, 0.3) is 0 Å². The van der Waals surface area contributed by atoms with E-state index in [9.17, 15) is 14.4 Å². The van der Waals surface area contributed by atoms with Crippen molar-refractivity contribution in [3.8, 4) is 0 Å². The quantitative estimate of drug-likeness (QED) is 0.814. The molecule has 0 fully saturated rings. The maximum Gasteiger partial charge on any atom is 0.308 e. The number of aromatic nitrogens is 1. The van der Waals surface area contributed by atoms with Crippen LogP contribution in [-0.2, 0) is 20.9 Å². The minimum Gasteiger partial charge on any atom is -0.452 e. The molecule has 24 heavy (non-hydrogen) atoms. The van der Waals surface area contributed by atoms with Gasteiger partial charge in [0.1, 0.15) is 0 Å². The number of nitrogens with one attached hydrogen (secondary N) is 1. The number of nitrogens with zero attached hydrogens (tertiary/aromatic N) is 1. The zero-order valence-corrected chi connectivity index (χ0v) is 14.7. The minimum atomic E-state index is -0.904. The second-order valence-electron chi connectivity index (χ2n) is 5.53. The third kappa shape index (κ3) is 4.79. The maximum absolute atomic E-state index is 12.0. The molecule has 2 aromatic rings. The van der Waals surface area contributed by atoms with Crippen molar-refractivity contribution in [1.82, 2.24) is 4.57 Å². The van der Waals surface area contributed by atoms with Crippen LogP contribution in [0.15, 0.2) is 34.4 Å². The number of ether oxygens (including phenoxy) is 1. The van der Waals surface area contributed by atoms with Gasteiger partial charge in [-0.3, -0.25) is 14.4 Å². The standard InChI is InChI=1S/C17H20N2O4S/c1-11-4-6-14(7-5-11)18-16(21)13(3)23-15(20)8-9-19-12(2)10-24-17(19)22/h4-7,10,13H,8-9H2,1-3H3,(H,18,21). The SMILES string of the molecule is Cc1ccc(NC(=O)C(C)OC(=O)CCn2c(C)csc2=O)cc1. The predicted molar refractivity (Wildman–Crippen MR) is 93.3 cm³/mol. The average Bonchev–Trinajstić information content (AvgIpc) is 2.86. The number of carbonyl (C=O) groups is 2. The largest absolute Gasteiger partial charge is 0.452 e. The topological polar surface area (TPSA) is 77.4 Å². The van der Waals surface area contributed by atoms with E-state index >= 15 is 0 Å². The molecule has 1 aromatic heterocycles. The van der Waals surface area contributed by atoms with E-state index in [0.29, 0.717) is 5.69 Å². The van der Waals surface area contributed by atoms with Crippen LogP contribution in [-0.4, -0.2) is 22.5 Å². The fraction of sp³-hybridized carbons (Fsp3) is 0.353. The highest BCUT2D eigenvalue weighted by molar-refractivity contribution is 7.07. The molecular weight excluding hydrogens is 328 g/mol. The van der Waals surface area contributed by atoms with Crippen molar-refractivity contribution in [2.45, 2.75) is 39.8 Å². The number of hydrogen-bond donors (Lipinski definition) is 1. The molecule has 0 saturated carbocycles. The van der Waals surface area contributed by atoms with Gasteiger partial charge >= 0.3 is 10.8 Å². The maximum atomic E-state index is 12.0. The molecule has 1 aromatic carbocycles. The van der Waals surface area contributed by atoms with Crippen LogP contribution in [0.5, 0.6) is 0 Å². The Morgan fingerprint density at radius 2 is 1.92 bits per heavy atom. The molecular formula is C17H20N2O4S. The van der Waals surface area contributed by atoms with Gasteiger partial charge < -0.3 is 14.6 Å². The van der Waals surface area contributed by atoms with E-state index in [-0.39, 0.29) is 17.8 Å². The highest BCUT2D eigenvalue weighted by Gasteiger charge is 2.18. The summed E-state index contributed by atoms with van der Waals surface area (Å²) in [6.45, 7) is 5.53. The lowest BCUT2D eigenvalue weighted by atomic mass is 10.2. The molecule has 1 N–H and O–H groups in total. The Labute approximate surface area is 144 Å². The number of thiazole rings is 1. The lowest BCUT2D eigenvalue weighted by Gasteiger charge is -2.14. The van der Waals surface area contributed by atoms with Crippen LogP contribution in [0.3, 0.4) is 0 Å². The van der Waals surface area contributed by atoms with E-state index in [1.165, 1.54) is 11.5 Å². The predicted octanol–water partition coefficient (Wildman–Crippen LogP) is 2.49. The summed E-state index contributed by atoms with van der Waals surface area (Å²) in [4.78, 5) is 35.4. The number of carbonyl (C=O) groups excluding carboxylic acids is 2. The molecule has 1 unspecified atom stereocenters. The Kier molecular flexibility index (Phi) is 5.92. The molecule has 7 heteroatoms. The fourth-order valence-corrected chi connectivity index (χ4v) is 2.83. The van der Waals surface area contributed by atoms with Crippen LogP contribution in [0.4, 0.5) is 5.69 Å². The van der Waals surface area contributed by atoms with Crippen molar-refractivity contribution in [2.75, 3.05) is 5.32 Å². The Morgan fingerprint density at radius 3 is 2.50 bits per heavy atom. The van der Waals surface area contributed by atoms with Crippen molar-refractivity contribution in [2.24, 2.45) is 0 Å². The summed E-state index contributed by atoms with van der Waals surface area (Å²) in [6.07, 6.45) is -0.862. The Bertz CT molecular complexity index is 777. The molecule has 0 aliphatic carbocycles. The van der Waals surface area contributed by atoms with Crippen molar-refractivity contribution >= 4 is 28.9 Å². The lowest BCUT2D eigenvalue weighted by Crippen LogP contribution is -2.30. The molecule has 2 rings (SSSR count). The van der Waals surface area contributed by atoms with E-state index in [1.54, 1.807) is 24.4 Å². The molecule has 1 amide bonds.